The van der Waals surface area contributed by atoms with Gasteiger partial charge in [-0.05, 0) is 25.5 Å². The van der Waals surface area contributed by atoms with E-state index >= 15 is 0 Å². The van der Waals surface area contributed by atoms with E-state index in [1.54, 1.807) is 10.9 Å². The largest absolute Gasteiger partial charge is 0.337 e. The number of nitrogens with zero attached hydrogens (tertiary/aromatic N) is 5. The van der Waals surface area contributed by atoms with Gasteiger partial charge in [0.05, 0.1) is 12.2 Å². The summed E-state index contributed by atoms with van der Waals surface area (Å²) in [5.41, 5.74) is 2.55. The third-order valence-corrected chi connectivity index (χ3v) is 4.18. The van der Waals surface area contributed by atoms with Gasteiger partial charge in [0, 0.05) is 32.5 Å². The zero-order valence-electron chi connectivity index (χ0n) is 14.9. The first kappa shape index (κ1) is 17.0. The van der Waals surface area contributed by atoms with Crippen LogP contribution in [0.4, 0.5) is 0 Å². The zero-order chi connectivity index (χ0) is 17.8. The Morgan fingerprint density at radius 2 is 1.96 bits per heavy atom. The topological polar surface area (TPSA) is 56.0 Å². The predicted octanol–water partition coefficient (Wildman–Crippen LogP) is 2.79. The summed E-state index contributed by atoms with van der Waals surface area (Å²) in [5.74, 6) is 0.817. The maximum absolute atomic E-state index is 13.2. The molecule has 0 aliphatic carbocycles. The van der Waals surface area contributed by atoms with Crippen molar-refractivity contribution in [3.8, 4) is 0 Å². The molecular weight excluding hydrogens is 314 g/mol. The van der Waals surface area contributed by atoms with Crippen molar-refractivity contribution >= 4 is 5.91 Å². The second-order valence-electron chi connectivity index (χ2n) is 6.09. The van der Waals surface area contributed by atoms with E-state index in [1.807, 2.05) is 73.0 Å². The minimum absolute atomic E-state index is 0.0331. The van der Waals surface area contributed by atoms with Crippen LogP contribution in [0.5, 0.6) is 0 Å². The molecule has 6 heteroatoms. The van der Waals surface area contributed by atoms with Gasteiger partial charge in [-0.3, -0.25) is 9.48 Å². The molecule has 2 heterocycles. The van der Waals surface area contributed by atoms with E-state index in [9.17, 15) is 4.79 Å². The molecule has 0 bridgehead atoms. The monoisotopic (exact) mass is 337 g/mol. The van der Waals surface area contributed by atoms with Gasteiger partial charge >= 0.3 is 0 Å². The highest BCUT2D eigenvalue weighted by Crippen LogP contribution is 2.14. The van der Waals surface area contributed by atoms with Crippen LogP contribution >= 0.6 is 0 Å². The number of carbonyl (C=O) groups excluding carboxylic acids is 1. The van der Waals surface area contributed by atoms with Gasteiger partial charge in [-0.2, -0.15) is 5.10 Å². The van der Waals surface area contributed by atoms with Crippen molar-refractivity contribution < 1.29 is 4.79 Å². The molecule has 0 aliphatic heterocycles. The molecule has 1 amide bonds. The molecule has 0 atom stereocenters. The Bertz CT molecular complexity index is 850. The van der Waals surface area contributed by atoms with Crippen LogP contribution in [0.1, 0.15) is 34.5 Å². The van der Waals surface area contributed by atoms with Crippen molar-refractivity contribution in [2.45, 2.75) is 33.5 Å². The van der Waals surface area contributed by atoms with Crippen LogP contribution in [0.25, 0.3) is 0 Å². The Balaban J connectivity index is 1.91. The molecule has 6 nitrogen and oxygen atoms in total. The quantitative estimate of drug-likeness (QED) is 0.695. The molecule has 130 valence electrons. The molecule has 0 saturated heterocycles. The van der Waals surface area contributed by atoms with Crippen LogP contribution in [0, 0.1) is 6.92 Å². The highest BCUT2D eigenvalue weighted by atomic mass is 16.2. The maximum Gasteiger partial charge on any atom is 0.272 e. The number of amides is 1. The van der Waals surface area contributed by atoms with Gasteiger partial charge in [-0.1, -0.05) is 30.3 Å². The molecule has 0 N–H and O–H groups in total. The average molecular weight is 337 g/mol. The van der Waals surface area contributed by atoms with Gasteiger partial charge < -0.3 is 9.47 Å². The van der Waals surface area contributed by atoms with Crippen LogP contribution in [-0.2, 0) is 26.7 Å². The van der Waals surface area contributed by atoms with Gasteiger partial charge in [0.1, 0.15) is 11.5 Å². The standard InChI is InChI=1S/C19H23N5O/c1-4-24-17(12-15(2)21-24)19(25)23(13-16-8-6-5-7-9-16)14-18-20-10-11-22(18)3/h5-12H,4,13-14H2,1-3H3. The van der Waals surface area contributed by atoms with Crippen molar-refractivity contribution in [2.75, 3.05) is 0 Å². The highest BCUT2D eigenvalue weighted by molar-refractivity contribution is 5.92. The molecule has 0 fully saturated rings. The lowest BCUT2D eigenvalue weighted by molar-refractivity contribution is 0.0711. The van der Waals surface area contributed by atoms with Crippen LogP contribution in [0.3, 0.4) is 0 Å². The zero-order valence-corrected chi connectivity index (χ0v) is 14.9. The fraction of sp³-hybridized carbons (Fsp3) is 0.316. The number of carbonyl (C=O) groups is 1. The lowest BCUT2D eigenvalue weighted by Gasteiger charge is -2.23. The van der Waals surface area contributed by atoms with Crippen molar-refractivity contribution in [1.29, 1.82) is 0 Å². The average Bonchev–Trinajstić information content (AvgIpc) is 3.20. The van der Waals surface area contributed by atoms with Crippen LogP contribution in [-0.4, -0.2) is 30.1 Å². The molecular formula is C19H23N5O. The van der Waals surface area contributed by atoms with E-state index in [-0.39, 0.29) is 5.91 Å². The molecule has 25 heavy (non-hydrogen) atoms. The summed E-state index contributed by atoms with van der Waals surface area (Å²) < 4.78 is 3.70. The van der Waals surface area contributed by atoms with E-state index in [0.29, 0.717) is 25.3 Å². The molecule has 0 spiro atoms. The first-order chi connectivity index (χ1) is 12.1. The van der Waals surface area contributed by atoms with Gasteiger partial charge in [0.2, 0.25) is 0 Å². The van der Waals surface area contributed by atoms with Gasteiger partial charge in [-0.25, -0.2) is 4.98 Å². The normalized spacial score (nSPS) is 10.8. The van der Waals surface area contributed by atoms with E-state index in [1.165, 1.54) is 0 Å². The summed E-state index contributed by atoms with van der Waals surface area (Å²) >= 11 is 0. The minimum atomic E-state index is -0.0331. The van der Waals surface area contributed by atoms with Gasteiger partial charge in [0.15, 0.2) is 0 Å². The summed E-state index contributed by atoms with van der Waals surface area (Å²) in [5, 5.41) is 4.40. The Labute approximate surface area is 147 Å². The van der Waals surface area contributed by atoms with Gasteiger partial charge in [-0.15, -0.1) is 0 Å². The predicted molar refractivity (Wildman–Crippen MR) is 95.9 cm³/mol. The highest BCUT2D eigenvalue weighted by Gasteiger charge is 2.22. The van der Waals surface area contributed by atoms with E-state index in [2.05, 4.69) is 10.1 Å². The summed E-state index contributed by atoms with van der Waals surface area (Å²) in [6.45, 7) is 5.54. The summed E-state index contributed by atoms with van der Waals surface area (Å²) in [6.07, 6.45) is 3.64. The Morgan fingerprint density at radius 3 is 2.60 bits per heavy atom. The van der Waals surface area contributed by atoms with Gasteiger partial charge in [0.25, 0.3) is 5.91 Å². The van der Waals surface area contributed by atoms with Crippen LogP contribution < -0.4 is 0 Å². The maximum atomic E-state index is 13.2. The summed E-state index contributed by atoms with van der Waals surface area (Å²) in [7, 11) is 1.94. The molecule has 0 aliphatic rings. The molecule has 2 aromatic heterocycles. The van der Waals surface area contributed by atoms with Crippen molar-refractivity contribution in [3.63, 3.8) is 0 Å². The second kappa shape index (κ2) is 7.34. The fourth-order valence-corrected chi connectivity index (χ4v) is 2.84. The second-order valence-corrected chi connectivity index (χ2v) is 6.09. The summed E-state index contributed by atoms with van der Waals surface area (Å²) in [4.78, 5) is 19.4. The number of rotatable bonds is 6. The molecule has 1 aromatic carbocycles. The number of aryl methyl sites for hydroxylation is 3. The molecule has 0 radical (unpaired) electrons. The molecule has 3 rings (SSSR count). The third kappa shape index (κ3) is 3.79. The van der Waals surface area contributed by atoms with E-state index in [0.717, 1.165) is 17.1 Å². The molecule has 0 saturated carbocycles. The lowest BCUT2D eigenvalue weighted by Crippen LogP contribution is -2.32. The Kier molecular flexibility index (Phi) is 4.97. The lowest BCUT2D eigenvalue weighted by atomic mass is 10.2. The fourth-order valence-electron chi connectivity index (χ4n) is 2.84. The Morgan fingerprint density at radius 1 is 1.20 bits per heavy atom. The summed E-state index contributed by atoms with van der Waals surface area (Å²) in [6, 6.07) is 11.9. The third-order valence-electron chi connectivity index (χ3n) is 4.18. The SMILES string of the molecule is CCn1nc(C)cc1C(=O)N(Cc1ccccc1)Cc1nccn1C. The number of aromatic nitrogens is 4. The van der Waals surface area contributed by atoms with E-state index < -0.39 is 0 Å². The van der Waals surface area contributed by atoms with Crippen molar-refractivity contribution in [2.24, 2.45) is 7.05 Å². The first-order valence-corrected chi connectivity index (χ1v) is 8.42. The molecule has 0 unspecified atom stereocenters. The number of imidazole rings is 1. The van der Waals surface area contributed by atoms with Crippen LogP contribution in [0.2, 0.25) is 0 Å². The van der Waals surface area contributed by atoms with Crippen molar-refractivity contribution in [3.05, 3.63) is 71.6 Å². The molecule has 3 aromatic rings. The number of hydrogen-bond donors (Lipinski definition) is 0. The first-order valence-electron chi connectivity index (χ1n) is 8.42. The van der Waals surface area contributed by atoms with Crippen molar-refractivity contribution in [1.82, 2.24) is 24.2 Å². The van der Waals surface area contributed by atoms with Crippen LogP contribution in [0.15, 0.2) is 48.8 Å². The minimum Gasteiger partial charge on any atom is -0.337 e. The number of hydrogen-bond acceptors (Lipinski definition) is 3. The van der Waals surface area contributed by atoms with E-state index in [4.69, 9.17) is 0 Å². The Hall–Kier alpha value is -2.89. The number of benzene rings is 1. The smallest absolute Gasteiger partial charge is 0.272 e.